The third-order valence-electron chi connectivity index (χ3n) is 4.18. The average molecular weight is 366 g/mol. The molecule has 1 heterocycles. The second-order valence-corrected chi connectivity index (χ2v) is 7.35. The molecule has 130 valence electrons. The summed E-state index contributed by atoms with van der Waals surface area (Å²) < 4.78 is 29.4. The molecule has 4 rings (SSSR count). The molecular weight excluding hydrogens is 352 g/mol. The van der Waals surface area contributed by atoms with Crippen LogP contribution in [-0.2, 0) is 10.0 Å². The van der Waals surface area contributed by atoms with Gasteiger partial charge in [0.05, 0.1) is 16.3 Å². The Balaban J connectivity index is 1.93. The predicted molar refractivity (Wildman–Crippen MR) is 98.6 cm³/mol. The molecule has 0 bridgehead atoms. The first-order valence-corrected chi connectivity index (χ1v) is 9.32. The minimum atomic E-state index is -3.78. The Kier molecular flexibility index (Phi) is 3.75. The minimum absolute atomic E-state index is 0.00352. The van der Waals surface area contributed by atoms with Crippen molar-refractivity contribution in [2.45, 2.75) is 4.90 Å². The van der Waals surface area contributed by atoms with Gasteiger partial charge in [-0.3, -0.25) is 0 Å². The zero-order chi connectivity index (χ0) is 18.3. The molecule has 0 saturated carbocycles. The lowest BCUT2D eigenvalue weighted by molar-refractivity contribution is 0.504. The highest BCUT2D eigenvalue weighted by molar-refractivity contribution is 7.89. The van der Waals surface area contributed by atoms with Gasteiger partial charge in [-0.25, -0.2) is 22.9 Å². The van der Waals surface area contributed by atoms with Crippen molar-refractivity contribution >= 4 is 20.8 Å². The van der Waals surface area contributed by atoms with Gasteiger partial charge >= 0.3 is 5.76 Å². The van der Waals surface area contributed by atoms with E-state index in [4.69, 9.17) is 9.56 Å². The SMILES string of the molecule is NS(=O)(=O)c1ccc(-c2coc(=O)n2-c2cccc3ccccc23)cc1. The molecule has 0 radical (unpaired) electrons. The van der Waals surface area contributed by atoms with Crippen molar-refractivity contribution < 1.29 is 12.8 Å². The van der Waals surface area contributed by atoms with E-state index in [0.717, 1.165) is 10.8 Å². The monoisotopic (exact) mass is 366 g/mol. The summed E-state index contributed by atoms with van der Waals surface area (Å²) in [4.78, 5) is 12.4. The van der Waals surface area contributed by atoms with Crippen LogP contribution in [0.1, 0.15) is 0 Å². The smallest absolute Gasteiger partial charge is 0.415 e. The molecule has 0 amide bonds. The highest BCUT2D eigenvalue weighted by Gasteiger charge is 2.15. The molecule has 6 nitrogen and oxygen atoms in total. The topological polar surface area (TPSA) is 95.3 Å². The van der Waals surface area contributed by atoms with Crippen molar-refractivity contribution in [1.29, 1.82) is 0 Å². The van der Waals surface area contributed by atoms with Gasteiger partial charge in [-0.15, -0.1) is 0 Å². The van der Waals surface area contributed by atoms with Crippen LogP contribution in [0.25, 0.3) is 27.7 Å². The molecule has 3 aromatic carbocycles. The molecule has 0 fully saturated rings. The molecule has 7 heteroatoms. The molecule has 1 aromatic heterocycles. The number of hydrogen-bond donors (Lipinski definition) is 1. The maximum atomic E-state index is 12.4. The van der Waals surface area contributed by atoms with Gasteiger partial charge < -0.3 is 4.42 Å². The van der Waals surface area contributed by atoms with Gasteiger partial charge in [0, 0.05) is 10.9 Å². The van der Waals surface area contributed by atoms with Gasteiger partial charge in [-0.1, -0.05) is 48.5 Å². The normalized spacial score (nSPS) is 11.7. The van der Waals surface area contributed by atoms with Gasteiger partial charge in [0.2, 0.25) is 10.0 Å². The molecule has 0 aliphatic heterocycles. The first-order chi connectivity index (χ1) is 12.4. The summed E-state index contributed by atoms with van der Waals surface area (Å²) in [7, 11) is -3.78. The number of sulfonamides is 1. The molecule has 0 unspecified atom stereocenters. The number of oxazole rings is 1. The standard InChI is InChI=1S/C19H14N2O4S/c20-26(23,24)15-10-8-14(9-11-15)18-12-25-19(22)21(18)17-7-3-5-13-4-1-2-6-16(13)17/h1-12H,(H2,20,23,24). The fraction of sp³-hybridized carbons (Fsp3) is 0. The number of aromatic nitrogens is 1. The summed E-state index contributed by atoms with van der Waals surface area (Å²) in [6, 6.07) is 19.4. The van der Waals surface area contributed by atoms with E-state index in [2.05, 4.69) is 0 Å². The van der Waals surface area contributed by atoms with Crippen molar-refractivity contribution in [3.8, 4) is 16.9 Å². The van der Waals surface area contributed by atoms with Gasteiger partial charge in [-0.2, -0.15) is 0 Å². The van der Waals surface area contributed by atoms with E-state index in [0.29, 0.717) is 16.9 Å². The second-order valence-electron chi connectivity index (χ2n) is 5.79. The quantitative estimate of drug-likeness (QED) is 0.603. The third-order valence-corrected chi connectivity index (χ3v) is 5.11. The van der Waals surface area contributed by atoms with E-state index in [1.807, 2.05) is 42.5 Å². The Morgan fingerprint density at radius 2 is 1.58 bits per heavy atom. The van der Waals surface area contributed by atoms with E-state index in [9.17, 15) is 13.2 Å². The Morgan fingerprint density at radius 3 is 2.31 bits per heavy atom. The van der Waals surface area contributed by atoms with Crippen LogP contribution in [0.2, 0.25) is 0 Å². The van der Waals surface area contributed by atoms with Crippen LogP contribution < -0.4 is 10.9 Å². The number of hydrogen-bond acceptors (Lipinski definition) is 4. The fourth-order valence-electron chi connectivity index (χ4n) is 2.95. The molecule has 26 heavy (non-hydrogen) atoms. The number of primary sulfonamides is 1. The molecular formula is C19H14N2O4S. The van der Waals surface area contributed by atoms with E-state index < -0.39 is 15.8 Å². The summed E-state index contributed by atoms with van der Waals surface area (Å²) in [5.41, 5.74) is 1.84. The van der Waals surface area contributed by atoms with Crippen LogP contribution in [0.5, 0.6) is 0 Å². The van der Waals surface area contributed by atoms with Crippen LogP contribution >= 0.6 is 0 Å². The lowest BCUT2D eigenvalue weighted by Gasteiger charge is -2.10. The zero-order valence-electron chi connectivity index (χ0n) is 13.5. The van der Waals surface area contributed by atoms with Gasteiger partial charge in [0.15, 0.2) is 0 Å². The van der Waals surface area contributed by atoms with Crippen LogP contribution in [0, 0.1) is 0 Å². The first-order valence-electron chi connectivity index (χ1n) is 7.77. The second kappa shape index (κ2) is 5.98. The molecule has 0 aliphatic rings. The summed E-state index contributed by atoms with van der Waals surface area (Å²) in [5, 5.41) is 7.03. The summed E-state index contributed by atoms with van der Waals surface area (Å²) >= 11 is 0. The predicted octanol–water partition coefficient (Wildman–Crippen LogP) is 2.90. The molecule has 2 N–H and O–H groups in total. The van der Waals surface area contributed by atoms with Crippen molar-refractivity contribution in [3.63, 3.8) is 0 Å². The number of rotatable bonds is 3. The van der Waals surface area contributed by atoms with Gasteiger partial charge in [-0.05, 0) is 23.6 Å². The Hall–Kier alpha value is -3.16. The molecule has 0 spiro atoms. The molecule has 0 atom stereocenters. The Morgan fingerprint density at radius 1 is 0.885 bits per heavy atom. The third kappa shape index (κ3) is 2.73. The maximum absolute atomic E-state index is 12.4. The van der Waals surface area contributed by atoms with E-state index >= 15 is 0 Å². The van der Waals surface area contributed by atoms with Gasteiger partial charge in [0.25, 0.3) is 0 Å². The molecule has 0 saturated heterocycles. The minimum Gasteiger partial charge on any atom is -0.415 e. The van der Waals surface area contributed by atoms with E-state index in [1.54, 1.807) is 12.1 Å². The van der Waals surface area contributed by atoms with Crippen LogP contribution in [0.15, 0.2) is 87.1 Å². The van der Waals surface area contributed by atoms with Crippen LogP contribution in [0.3, 0.4) is 0 Å². The van der Waals surface area contributed by atoms with Crippen LogP contribution in [-0.4, -0.2) is 13.0 Å². The lowest BCUT2D eigenvalue weighted by Crippen LogP contribution is -2.14. The number of nitrogens with zero attached hydrogens (tertiary/aromatic N) is 1. The van der Waals surface area contributed by atoms with E-state index in [1.165, 1.54) is 23.0 Å². The average Bonchev–Trinajstić information content (AvgIpc) is 3.02. The highest BCUT2D eigenvalue weighted by atomic mass is 32.2. The van der Waals surface area contributed by atoms with E-state index in [-0.39, 0.29) is 4.90 Å². The zero-order valence-corrected chi connectivity index (χ0v) is 14.3. The van der Waals surface area contributed by atoms with Crippen molar-refractivity contribution in [2.75, 3.05) is 0 Å². The largest absolute Gasteiger partial charge is 0.424 e. The van der Waals surface area contributed by atoms with Crippen LogP contribution in [0.4, 0.5) is 0 Å². The Labute approximate surface area is 149 Å². The Bertz CT molecular complexity index is 1260. The lowest BCUT2D eigenvalue weighted by atomic mass is 10.1. The highest BCUT2D eigenvalue weighted by Crippen LogP contribution is 2.27. The van der Waals surface area contributed by atoms with Crippen molar-refractivity contribution in [2.24, 2.45) is 5.14 Å². The summed E-state index contributed by atoms with van der Waals surface area (Å²) in [6.07, 6.45) is 1.36. The summed E-state index contributed by atoms with van der Waals surface area (Å²) in [6.45, 7) is 0. The molecule has 4 aromatic rings. The fourth-order valence-corrected chi connectivity index (χ4v) is 3.47. The number of benzene rings is 3. The number of nitrogens with two attached hydrogens (primary N) is 1. The van der Waals surface area contributed by atoms with Crippen molar-refractivity contribution in [1.82, 2.24) is 4.57 Å². The number of fused-ring (bicyclic) bond motifs is 1. The van der Waals surface area contributed by atoms with Crippen molar-refractivity contribution in [3.05, 3.63) is 83.5 Å². The van der Waals surface area contributed by atoms with Gasteiger partial charge in [0.1, 0.15) is 6.26 Å². The maximum Gasteiger partial charge on any atom is 0.424 e. The summed E-state index contributed by atoms with van der Waals surface area (Å²) in [5.74, 6) is -0.521. The molecule has 0 aliphatic carbocycles. The first kappa shape index (κ1) is 16.3.